The third-order valence-electron chi connectivity index (χ3n) is 8.14. The highest BCUT2D eigenvalue weighted by atomic mass is 16.1. The Morgan fingerprint density at radius 1 is 0.875 bits per heavy atom. The molecule has 3 heterocycles. The van der Waals surface area contributed by atoms with E-state index in [1.807, 2.05) is 53.1 Å². The summed E-state index contributed by atoms with van der Waals surface area (Å²) in [4.78, 5) is 25.5. The number of para-hydroxylation sites is 2. The van der Waals surface area contributed by atoms with E-state index in [-0.39, 0.29) is 17.9 Å². The number of benzene rings is 4. The predicted molar refractivity (Wildman–Crippen MR) is 160 cm³/mol. The minimum atomic E-state index is -0.143. The van der Waals surface area contributed by atoms with E-state index < -0.39 is 0 Å². The van der Waals surface area contributed by atoms with Crippen LogP contribution in [-0.2, 0) is 6.54 Å². The van der Waals surface area contributed by atoms with Gasteiger partial charge in [-0.05, 0) is 66.4 Å². The van der Waals surface area contributed by atoms with E-state index in [1.165, 1.54) is 5.56 Å². The van der Waals surface area contributed by atoms with Crippen LogP contribution < -0.4 is 26.9 Å². The van der Waals surface area contributed by atoms with Crippen molar-refractivity contribution in [2.45, 2.75) is 31.6 Å². The number of fused-ring (bicyclic) bond motifs is 2. The molecule has 0 amide bonds. The Hall–Kier alpha value is -4.62. The SMILES string of the molecule is Nc1ccc2c(c1)=CN(c1ccc(CN3CCC(n4c(=O)[nH]c5ccccc54)CC3)cc1)C(c1ccccc1)N=2. The van der Waals surface area contributed by atoms with Crippen molar-refractivity contribution in [2.75, 3.05) is 23.7 Å². The minimum Gasteiger partial charge on any atom is -0.399 e. The monoisotopic (exact) mass is 528 g/mol. The van der Waals surface area contributed by atoms with E-state index >= 15 is 0 Å². The molecule has 1 aromatic heterocycles. The predicted octanol–water partition coefficient (Wildman–Crippen LogP) is 4.33. The van der Waals surface area contributed by atoms with Crippen molar-refractivity contribution in [3.05, 3.63) is 129 Å². The van der Waals surface area contributed by atoms with Crippen molar-refractivity contribution in [3.8, 4) is 0 Å². The number of imidazole rings is 1. The zero-order valence-corrected chi connectivity index (χ0v) is 22.3. The van der Waals surface area contributed by atoms with Gasteiger partial charge in [-0.3, -0.25) is 14.5 Å². The average molecular weight is 529 g/mol. The van der Waals surface area contributed by atoms with Crippen molar-refractivity contribution in [1.29, 1.82) is 0 Å². The Labute approximate surface area is 232 Å². The zero-order chi connectivity index (χ0) is 27.1. The van der Waals surface area contributed by atoms with Crippen LogP contribution >= 0.6 is 0 Å². The van der Waals surface area contributed by atoms with Crippen molar-refractivity contribution >= 4 is 28.6 Å². The molecule has 0 aliphatic carbocycles. The Balaban J connectivity index is 1.08. The highest BCUT2D eigenvalue weighted by molar-refractivity contribution is 5.75. The molecular weight excluding hydrogens is 496 g/mol. The molecule has 7 rings (SSSR count). The molecule has 7 nitrogen and oxygen atoms in total. The first-order chi connectivity index (χ1) is 19.6. The van der Waals surface area contributed by atoms with E-state index in [2.05, 4.69) is 69.5 Å². The molecule has 3 N–H and O–H groups in total. The van der Waals surface area contributed by atoms with Crippen LogP contribution in [0.4, 0.5) is 11.4 Å². The van der Waals surface area contributed by atoms with Gasteiger partial charge in [0.05, 0.1) is 16.4 Å². The number of rotatable bonds is 5. The maximum atomic E-state index is 12.6. The normalized spacial score (nSPS) is 17.8. The molecular formula is C33H32N6O. The molecule has 4 aromatic carbocycles. The van der Waals surface area contributed by atoms with Gasteiger partial charge in [0.25, 0.3) is 0 Å². The molecule has 2 aliphatic heterocycles. The summed E-state index contributed by atoms with van der Waals surface area (Å²) >= 11 is 0. The molecule has 1 unspecified atom stereocenters. The number of hydrogen-bond donors (Lipinski definition) is 2. The molecule has 7 heteroatoms. The first kappa shape index (κ1) is 24.4. The lowest BCUT2D eigenvalue weighted by atomic mass is 10.0. The number of aromatic nitrogens is 2. The number of likely N-dealkylation sites (tertiary alicyclic amines) is 1. The highest BCUT2D eigenvalue weighted by Crippen LogP contribution is 2.31. The van der Waals surface area contributed by atoms with Gasteiger partial charge in [0.15, 0.2) is 6.17 Å². The van der Waals surface area contributed by atoms with Crippen molar-refractivity contribution in [1.82, 2.24) is 14.5 Å². The summed E-state index contributed by atoms with van der Waals surface area (Å²) in [5.41, 5.74) is 12.2. The molecule has 1 fully saturated rings. The van der Waals surface area contributed by atoms with Gasteiger partial charge in [-0.25, -0.2) is 4.79 Å². The van der Waals surface area contributed by atoms with Crippen LogP contribution in [0.15, 0.2) is 107 Å². The second-order valence-electron chi connectivity index (χ2n) is 10.8. The molecule has 1 atom stereocenters. The fraction of sp³-hybridized carbons (Fsp3) is 0.212. The fourth-order valence-electron chi connectivity index (χ4n) is 6.09. The molecule has 0 bridgehead atoms. The number of piperidine rings is 1. The van der Waals surface area contributed by atoms with E-state index in [1.54, 1.807) is 0 Å². The molecule has 5 aromatic rings. The lowest BCUT2D eigenvalue weighted by molar-refractivity contribution is 0.180. The summed E-state index contributed by atoms with van der Waals surface area (Å²) in [7, 11) is 0. The lowest BCUT2D eigenvalue weighted by Gasteiger charge is -2.33. The topological polar surface area (TPSA) is 82.6 Å². The third kappa shape index (κ3) is 4.58. The van der Waals surface area contributed by atoms with E-state index in [9.17, 15) is 4.79 Å². The van der Waals surface area contributed by atoms with Crippen LogP contribution in [0, 0.1) is 0 Å². The quantitative estimate of drug-likeness (QED) is 0.333. The number of anilines is 2. The van der Waals surface area contributed by atoms with Gasteiger partial charge in [0.2, 0.25) is 0 Å². The Bertz CT molecular complexity index is 1830. The van der Waals surface area contributed by atoms with Gasteiger partial charge in [-0.15, -0.1) is 0 Å². The van der Waals surface area contributed by atoms with Crippen molar-refractivity contribution in [2.24, 2.45) is 4.99 Å². The summed E-state index contributed by atoms with van der Waals surface area (Å²) in [6.07, 6.45) is 3.94. The molecule has 0 saturated carbocycles. The first-order valence-electron chi connectivity index (χ1n) is 13.9. The number of hydrogen-bond acceptors (Lipinski definition) is 5. The molecule has 200 valence electrons. The smallest absolute Gasteiger partial charge is 0.326 e. The molecule has 0 spiro atoms. The third-order valence-corrected chi connectivity index (χ3v) is 8.14. The molecule has 40 heavy (non-hydrogen) atoms. The Kier molecular flexibility index (Phi) is 6.21. The molecule has 1 saturated heterocycles. The maximum absolute atomic E-state index is 12.6. The van der Waals surface area contributed by atoms with Crippen LogP contribution in [0.5, 0.6) is 0 Å². The van der Waals surface area contributed by atoms with Gasteiger partial charge in [0.1, 0.15) is 0 Å². The second kappa shape index (κ2) is 10.2. The van der Waals surface area contributed by atoms with Gasteiger partial charge in [-0.1, -0.05) is 54.6 Å². The van der Waals surface area contributed by atoms with Crippen LogP contribution in [0.25, 0.3) is 17.2 Å². The Morgan fingerprint density at radius 3 is 2.42 bits per heavy atom. The van der Waals surface area contributed by atoms with Gasteiger partial charge in [-0.2, -0.15) is 0 Å². The lowest BCUT2D eigenvalue weighted by Crippen LogP contribution is -2.38. The Morgan fingerprint density at radius 2 is 1.62 bits per heavy atom. The summed E-state index contributed by atoms with van der Waals surface area (Å²) in [6.45, 7) is 2.82. The molecule has 0 radical (unpaired) electrons. The van der Waals surface area contributed by atoms with Gasteiger partial charge in [0, 0.05) is 48.5 Å². The average Bonchev–Trinajstić information content (AvgIpc) is 3.33. The van der Waals surface area contributed by atoms with Crippen LogP contribution in [-0.4, -0.2) is 27.5 Å². The number of H-pyrrole nitrogens is 1. The number of nitrogens with two attached hydrogens (primary N) is 1. The van der Waals surface area contributed by atoms with Crippen LogP contribution in [0.3, 0.4) is 0 Å². The molecule has 2 aliphatic rings. The standard InChI is InChI=1S/C33H32N6O/c34-26-12-15-29-25(20-26)22-38(32(35-29)24-6-2-1-3-7-24)27-13-10-23(11-14-27)21-37-18-16-28(17-19-37)39-31-9-5-4-8-30(31)36-33(39)40/h1-15,20,22,28,32H,16-19,21,34H2,(H,36,40). The van der Waals surface area contributed by atoms with Gasteiger partial charge >= 0.3 is 5.69 Å². The summed E-state index contributed by atoms with van der Waals surface area (Å²) in [5, 5.41) is 1.97. The van der Waals surface area contributed by atoms with Crippen LogP contribution in [0.2, 0.25) is 0 Å². The summed E-state index contributed by atoms with van der Waals surface area (Å²) < 4.78 is 1.95. The zero-order valence-electron chi connectivity index (χ0n) is 22.3. The van der Waals surface area contributed by atoms with Gasteiger partial charge < -0.3 is 15.6 Å². The van der Waals surface area contributed by atoms with E-state index in [0.29, 0.717) is 0 Å². The van der Waals surface area contributed by atoms with Crippen molar-refractivity contribution < 1.29 is 0 Å². The second-order valence-corrected chi connectivity index (χ2v) is 10.8. The van der Waals surface area contributed by atoms with Crippen molar-refractivity contribution in [3.63, 3.8) is 0 Å². The largest absolute Gasteiger partial charge is 0.399 e. The number of nitrogens with one attached hydrogen (secondary N) is 1. The summed E-state index contributed by atoms with van der Waals surface area (Å²) in [5.74, 6) is 0. The highest BCUT2D eigenvalue weighted by Gasteiger charge is 2.24. The van der Waals surface area contributed by atoms with E-state index in [4.69, 9.17) is 10.7 Å². The minimum absolute atomic E-state index is 0.00407. The number of nitrogen functional groups attached to an aromatic ring is 1. The fourth-order valence-corrected chi connectivity index (χ4v) is 6.09. The maximum Gasteiger partial charge on any atom is 0.326 e. The van der Waals surface area contributed by atoms with E-state index in [0.717, 1.165) is 71.0 Å². The number of aromatic amines is 1. The first-order valence-corrected chi connectivity index (χ1v) is 13.9. The number of nitrogens with zero attached hydrogens (tertiary/aromatic N) is 4. The van der Waals surface area contributed by atoms with Crippen LogP contribution in [0.1, 0.15) is 36.2 Å². The summed E-state index contributed by atoms with van der Waals surface area (Å²) in [6, 6.07) is 33.3.